The van der Waals surface area contributed by atoms with Gasteiger partial charge in [-0.1, -0.05) is 25.7 Å². The number of rotatable bonds is 10. The van der Waals surface area contributed by atoms with Gasteiger partial charge in [0.1, 0.15) is 6.61 Å². The van der Waals surface area contributed by atoms with Crippen LogP contribution in [0.15, 0.2) is 0 Å². The maximum absolute atomic E-state index is 5.29. The Bertz CT molecular complexity index is 212. The van der Waals surface area contributed by atoms with Crippen molar-refractivity contribution in [2.75, 3.05) is 46.2 Å². The molecule has 0 aliphatic heterocycles. The average molecular weight is 244 g/mol. The molecule has 0 heterocycles. The van der Waals surface area contributed by atoms with E-state index in [-0.39, 0.29) is 0 Å². The van der Waals surface area contributed by atoms with Gasteiger partial charge in [0.05, 0.1) is 33.0 Å². The maximum Gasteiger partial charge on any atom is 0.107 e. The third kappa shape index (κ3) is 15.4. The molecular formula is C12H24N2O3. The van der Waals surface area contributed by atoms with Crippen molar-refractivity contribution in [2.24, 2.45) is 11.8 Å². The van der Waals surface area contributed by atoms with Crippen molar-refractivity contribution < 1.29 is 14.2 Å². The van der Waals surface area contributed by atoms with Gasteiger partial charge in [-0.15, -0.1) is 0 Å². The number of nitrogens with two attached hydrogens (primary N) is 1. The molecule has 5 heteroatoms. The van der Waals surface area contributed by atoms with Gasteiger partial charge in [0, 0.05) is 12.5 Å². The second-order valence-corrected chi connectivity index (χ2v) is 3.71. The van der Waals surface area contributed by atoms with Crippen molar-refractivity contribution in [3.8, 4) is 11.8 Å². The van der Waals surface area contributed by atoms with Crippen LogP contribution in [-0.4, -0.2) is 46.2 Å². The van der Waals surface area contributed by atoms with Crippen LogP contribution in [0.4, 0.5) is 0 Å². The van der Waals surface area contributed by atoms with E-state index < -0.39 is 0 Å². The first-order valence-electron chi connectivity index (χ1n) is 5.92. The van der Waals surface area contributed by atoms with Crippen molar-refractivity contribution in [3.05, 3.63) is 0 Å². The lowest BCUT2D eigenvalue weighted by atomic mass is 10.2. The molecular weight excluding hydrogens is 220 g/mol. The largest absolute Gasteiger partial charge is 0.378 e. The van der Waals surface area contributed by atoms with Crippen LogP contribution in [0.1, 0.15) is 13.8 Å². The molecule has 0 unspecified atom stereocenters. The first-order valence-corrected chi connectivity index (χ1v) is 5.92. The molecule has 17 heavy (non-hydrogen) atoms. The summed E-state index contributed by atoms with van der Waals surface area (Å²) in [5, 5.41) is 0. The van der Waals surface area contributed by atoms with E-state index in [1.54, 1.807) is 0 Å². The van der Waals surface area contributed by atoms with E-state index in [2.05, 4.69) is 31.1 Å². The van der Waals surface area contributed by atoms with Crippen molar-refractivity contribution in [1.29, 1.82) is 0 Å². The monoisotopic (exact) mass is 244 g/mol. The number of nitrogens with one attached hydrogen (secondary N) is 1. The van der Waals surface area contributed by atoms with Crippen LogP contribution in [0.2, 0.25) is 0 Å². The minimum Gasteiger partial charge on any atom is -0.378 e. The Labute approximate surface area is 104 Å². The van der Waals surface area contributed by atoms with Gasteiger partial charge in [0.15, 0.2) is 0 Å². The predicted molar refractivity (Wildman–Crippen MR) is 67.3 cm³/mol. The fourth-order valence-electron chi connectivity index (χ4n) is 0.940. The summed E-state index contributed by atoms with van der Waals surface area (Å²) < 4.78 is 15.8. The maximum atomic E-state index is 5.29. The SMILES string of the molecule is CC(C)C#CCOCCOCCOCCNN. The highest BCUT2D eigenvalue weighted by Crippen LogP contribution is 1.85. The normalized spacial score (nSPS) is 10.4. The lowest BCUT2D eigenvalue weighted by Gasteiger charge is -2.05. The first kappa shape index (κ1) is 16.4. The van der Waals surface area contributed by atoms with Gasteiger partial charge in [-0.25, -0.2) is 0 Å². The van der Waals surface area contributed by atoms with Crippen LogP contribution in [0.5, 0.6) is 0 Å². The van der Waals surface area contributed by atoms with E-state index in [1.165, 1.54) is 0 Å². The summed E-state index contributed by atoms with van der Waals surface area (Å²) >= 11 is 0. The third-order valence-corrected chi connectivity index (χ3v) is 1.70. The predicted octanol–water partition coefficient (Wildman–Crippen LogP) is 0.159. The van der Waals surface area contributed by atoms with Crippen molar-refractivity contribution in [1.82, 2.24) is 5.43 Å². The highest BCUT2D eigenvalue weighted by molar-refractivity contribution is 5.01. The van der Waals surface area contributed by atoms with Crippen molar-refractivity contribution >= 4 is 0 Å². The molecule has 0 aliphatic carbocycles. The molecule has 0 radical (unpaired) electrons. The van der Waals surface area contributed by atoms with Crippen LogP contribution in [0, 0.1) is 17.8 Å². The van der Waals surface area contributed by atoms with Crippen LogP contribution in [-0.2, 0) is 14.2 Å². The number of ether oxygens (including phenoxy) is 3. The minimum atomic E-state index is 0.398. The fourth-order valence-corrected chi connectivity index (χ4v) is 0.940. The smallest absolute Gasteiger partial charge is 0.107 e. The summed E-state index contributed by atoms with van der Waals surface area (Å²) in [5.41, 5.74) is 2.51. The topological polar surface area (TPSA) is 65.7 Å². The minimum absolute atomic E-state index is 0.398. The number of hydrogen-bond donors (Lipinski definition) is 2. The average Bonchev–Trinajstić information content (AvgIpc) is 2.30. The first-order chi connectivity index (χ1) is 8.27. The molecule has 0 aliphatic rings. The zero-order chi connectivity index (χ0) is 12.8. The van der Waals surface area contributed by atoms with Gasteiger partial charge in [-0.3, -0.25) is 11.3 Å². The Kier molecular flexibility index (Phi) is 12.9. The molecule has 0 saturated heterocycles. The molecule has 5 nitrogen and oxygen atoms in total. The van der Waals surface area contributed by atoms with Crippen LogP contribution in [0.25, 0.3) is 0 Å². The lowest BCUT2D eigenvalue weighted by molar-refractivity contribution is 0.0209. The zero-order valence-electron chi connectivity index (χ0n) is 10.8. The van der Waals surface area contributed by atoms with Crippen LogP contribution >= 0.6 is 0 Å². The Morgan fingerprint density at radius 2 is 1.59 bits per heavy atom. The molecule has 0 bridgehead atoms. The molecule has 0 aromatic carbocycles. The Morgan fingerprint density at radius 3 is 2.18 bits per heavy atom. The standard InChI is InChI=1S/C12H24N2O3/c1-12(2)4-3-6-15-8-10-17-11-9-16-7-5-14-13/h12,14H,5-11,13H2,1-2H3. The molecule has 0 spiro atoms. The number of hydrazine groups is 1. The van der Waals surface area contributed by atoms with Gasteiger partial charge < -0.3 is 14.2 Å². The summed E-state index contributed by atoms with van der Waals surface area (Å²) in [6.45, 7) is 8.12. The molecule has 0 saturated carbocycles. The van der Waals surface area contributed by atoms with Gasteiger partial charge in [0.2, 0.25) is 0 Å². The van der Waals surface area contributed by atoms with E-state index in [0.717, 1.165) is 0 Å². The van der Waals surface area contributed by atoms with Crippen molar-refractivity contribution in [3.63, 3.8) is 0 Å². The lowest BCUT2D eigenvalue weighted by Crippen LogP contribution is -2.26. The summed E-state index contributed by atoms with van der Waals surface area (Å²) in [4.78, 5) is 0. The van der Waals surface area contributed by atoms with Crippen molar-refractivity contribution in [2.45, 2.75) is 13.8 Å². The molecule has 0 aromatic heterocycles. The molecule has 0 aromatic rings. The summed E-state index contributed by atoms with van der Waals surface area (Å²) in [6, 6.07) is 0. The van der Waals surface area contributed by atoms with E-state index in [1.807, 2.05) is 0 Å². The third-order valence-electron chi connectivity index (χ3n) is 1.70. The summed E-state index contributed by atoms with van der Waals surface area (Å²) in [5.74, 6) is 11.4. The Morgan fingerprint density at radius 1 is 1.00 bits per heavy atom. The molecule has 0 fully saturated rings. The zero-order valence-corrected chi connectivity index (χ0v) is 10.8. The second-order valence-electron chi connectivity index (χ2n) is 3.71. The molecule has 0 atom stereocenters. The fraction of sp³-hybridized carbons (Fsp3) is 0.833. The van der Waals surface area contributed by atoms with E-state index in [0.29, 0.717) is 52.1 Å². The number of hydrogen-bond acceptors (Lipinski definition) is 5. The van der Waals surface area contributed by atoms with Crippen LogP contribution in [0.3, 0.4) is 0 Å². The quantitative estimate of drug-likeness (QED) is 0.248. The molecule has 100 valence electrons. The van der Waals surface area contributed by atoms with Crippen LogP contribution < -0.4 is 11.3 Å². The Hall–Kier alpha value is -0.640. The van der Waals surface area contributed by atoms with Gasteiger partial charge in [-0.2, -0.15) is 0 Å². The van der Waals surface area contributed by atoms with Gasteiger partial charge in [-0.05, 0) is 0 Å². The van der Waals surface area contributed by atoms with E-state index in [4.69, 9.17) is 20.1 Å². The van der Waals surface area contributed by atoms with E-state index in [9.17, 15) is 0 Å². The summed E-state index contributed by atoms with van der Waals surface area (Å²) in [7, 11) is 0. The highest BCUT2D eigenvalue weighted by Gasteiger charge is 1.90. The highest BCUT2D eigenvalue weighted by atomic mass is 16.5. The Balaban J connectivity index is 3.02. The van der Waals surface area contributed by atoms with Gasteiger partial charge in [0.25, 0.3) is 0 Å². The summed E-state index contributed by atoms with van der Waals surface area (Å²) in [6.07, 6.45) is 0. The second kappa shape index (κ2) is 13.4. The molecule has 0 amide bonds. The molecule has 0 rings (SSSR count). The van der Waals surface area contributed by atoms with E-state index >= 15 is 0 Å². The molecule has 3 N–H and O–H groups in total. The van der Waals surface area contributed by atoms with Gasteiger partial charge >= 0.3 is 0 Å².